The molecule has 2 saturated carbocycles. The molecule has 4 aromatic rings. The summed E-state index contributed by atoms with van der Waals surface area (Å²) in [6, 6.07) is 7.77. The topological polar surface area (TPSA) is 109 Å². The van der Waals surface area contributed by atoms with Crippen molar-refractivity contribution >= 4 is 23.0 Å². The number of pyridine rings is 2. The van der Waals surface area contributed by atoms with Crippen molar-refractivity contribution in [1.82, 2.24) is 19.9 Å². The van der Waals surface area contributed by atoms with Crippen LogP contribution in [0.2, 0.25) is 5.02 Å². The van der Waals surface area contributed by atoms with Crippen molar-refractivity contribution in [3.63, 3.8) is 0 Å². The standard InChI is InChI=1S/C31H30ClF3N4O4/c1-30(2,41)20-12-25(37-28(27(20)35)19-11-21(32)23(34)13-22(19)33)31(42,17-6-7-17)14-36-29(40)16-8-18-10-24(15-4-5-15)38-39(18)26(9-16)43-3/h8-13,15,17,41-42H,4-7,14H2,1-3H3,(H,36,40)/t31-/m1/s1. The molecule has 0 saturated heterocycles. The fourth-order valence-corrected chi connectivity index (χ4v) is 5.51. The van der Waals surface area contributed by atoms with Crippen LogP contribution in [0.15, 0.2) is 36.4 Å². The molecule has 1 aromatic carbocycles. The number of nitrogens with zero attached hydrogens (tertiary/aromatic N) is 3. The second-order valence-electron chi connectivity index (χ2n) is 11.9. The van der Waals surface area contributed by atoms with Crippen LogP contribution in [0.4, 0.5) is 13.2 Å². The SMILES string of the molecule is COc1cc(C(=O)NC[C@](O)(c2cc(C(C)(C)O)c(F)c(-c3cc(Cl)c(F)cc3F)n2)C2CC2)cc2cc(C3CC3)nn12. The smallest absolute Gasteiger partial charge is 0.251 e. The van der Waals surface area contributed by atoms with Crippen LogP contribution in [-0.2, 0) is 11.2 Å². The quantitative estimate of drug-likeness (QED) is 0.212. The molecule has 3 heterocycles. The molecule has 0 unspecified atom stereocenters. The minimum Gasteiger partial charge on any atom is -0.481 e. The highest BCUT2D eigenvalue weighted by molar-refractivity contribution is 6.31. The second-order valence-corrected chi connectivity index (χ2v) is 12.3. The molecular weight excluding hydrogens is 585 g/mol. The van der Waals surface area contributed by atoms with Gasteiger partial charge in [0.05, 0.1) is 41.2 Å². The highest BCUT2D eigenvalue weighted by atomic mass is 35.5. The van der Waals surface area contributed by atoms with Gasteiger partial charge in [-0.05, 0) is 69.7 Å². The minimum absolute atomic E-state index is 0.0819. The molecule has 2 aliphatic carbocycles. The van der Waals surface area contributed by atoms with Gasteiger partial charge in [-0.1, -0.05) is 11.6 Å². The van der Waals surface area contributed by atoms with Gasteiger partial charge in [-0.25, -0.2) is 22.7 Å². The van der Waals surface area contributed by atoms with Gasteiger partial charge in [0.2, 0.25) is 5.88 Å². The van der Waals surface area contributed by atoms with E-state index in [2.05, 4.69) is 15.4 Å². The number of hydrogen-bond donors (Lipinski definition) is 3. The number of rotatable bonds is 9. The molecule has 8 nitrogen and oxygen atoms in total. The lowest BCUT2D eigenvalue weighted by molar-refractivity contribution is 0.00863. The Hall–Kier alpha value is -3.67. The monoisotopic (exact) mass is 614 g/mol. The average molecular weight is 615 g/mol. The van der Waals surface area contributed by atoms with Crippen LogP contribution in [-0.4, -0.2) is 44.4 Å². The maximum Gasteiger partial charge on any atom is 0.251 e. The normalized spacial score (nSPS) is 16.8. The number of hydrogen-bond acceptors (Lipinski definition) is 6. The van der Waals surface area contributed by atoms with Crippen molar-refractivity contribution in [2.45, 2.75) is 56.7 Å². The van der Waals surface area contributed by atoms with E-state index in [1.807, 2.05) is 6.07 Å². The van der Waals surface area contributed by atoms with Gasteiger partial charge in [-0.3, -0.25) is 4.79 Å². The van der Waals surface area contributed by atoms with E-state index < -0.39 is 50.8 Å². The van der Waals surface area contributed by atoms with Crippen LogP contribution >= 0.6 is 11.6 Å². The summed E-state index contributed by atoms with van der Waals surface area (Å²) >= 11 is 5.88. The number of carbonyl (C=O) groups excluding carboxylic acids is 1. The van der Waals surface area contributed by atoms with Crippen molar-refractivity contribution < 1.29 is 32.9 Å². The van der Waals surface area contributed by atoms with Crippen LogP contribution in [0.3, 0.4) is 0 Å². The van der Waals surface area contributed by atoms with Crippen molar-refractivity contribution in [2.24, 2.45) is 5.92 Å². The Labute approximate surface area is 250 Å². The lowest BCUT2D eigenvalue weighted by atomic mass is 9.87. The third-order valence-electron chi connectivity index (χ3n) is 8.11. The average Bonchev–Trinajstić information content (AvgIpc) is 3.89. The summed E-state index contributed by atoms with van der Waals surface area (Å²) < 4.78 is 51.6. The summed E-state index contributed by atoms with van der Waals surface area (Å²) in [6.45, 7) is 2.35. The Morgan fingerprint density at radius 3 is 2.42 bits per heavy atom. The third kappa shape index (κ3) is 5.45. The molecule has 1 amide bonds. The van der Waals surface area contributed by atoms with E-state index in [0.29, 0.717) is 36.2 Å². The zero-order valence-electron chi connectivity index (χ0n) is 23.7. The second kappa shape index (κ2) is 10.5. The number of benzene rings is 1. The first kappa shape index (κ1) is 29.4. The molecule has 3 N–H and O–H groups in total. The molecule has 0 aliphatic heterocycles. The molecule has 226 valence electrons. The summed E-state index contributed by atoms with van der Waals surface area (Å²) in [6.07, 6.45) is 3.31. The van der Waals surface area contributed by atoms with Gasteiger partial charge < -0.3 is 20.3 Å². The van der Waals surface area contributed by atoms with Crippen LogP contribution in [0.25, 0.3) is 16.8 Å². The molecule has 3 aromatic heterocycles. The van der Waals surface area contributed by atoms with Crippen molar-refractivity contribution in [3.05, 3.63) is 81.4 Å². The predicted molar refractivity (Wildman–Crippen MR) is 152 cm³/mol. The molecule has 1 atom stereocenters. The van der Waals surface area contributed by atoms with Crippen molar-refractivity contribution in [2.75, 3.05) is 13.7 Å². The minimum atomic E-state index is -1.80. The first-order valence-corrected chi connectivity index (χ1v) is 14.3. The van der Waals surface area contributed by atoms with E-state index in [1.54, 1.807) is 16.6 Å². The summed E-state index contributed by atoms with van der Waals surface area (Å²) in [5.74, 6) is -3.30. The largest absolute Gasteiger partial charge is 0.481 e. The summed E-state index contributed by atoms with van der Waals surface area (Å²) in [5, 5.41) is 29.7. The number of aliphatic hydroxyl groups is 2. The maximum absolute atomic E-state index is 15.7. The van der Waals surface area contributed by atoms with Gasteiger partial charge in [0.1, 0.15) is 22.9 Å². The van der Waals surface area contributed by atoms with Gasteiger partial charge in [0, 0.05) is 34.7 Å². The lowest BCUT2D eigenvalue weighted by Gasteiger charge is -2.31. The van der Waals surface area contributed by atoms with Gasteiger partial charge in [0.25, 0.3) is 5.91 Å². The zero-order chi connectivity index (χ0) is 30.8. The van der Waals surface area contributed by atoms with E-state index in [4.69, 9.17) is 16.3 Å². The Balaban J connectivity index is 1.37. The first-order valence-electron chi connectivity index (χ1n) is 14.0. The van der Waals surface area contributed by atoms with Crippen molar-refractivity contribution in [1.29, 1.82) is 0 Å². The van der Waals surface area contributed by atoms with E-state index in [0.717, 1.165) is 24.6 Å². The van der Waals surface area contributed by atoms with Crippen LogP contribution < -0.4 is 10.1 Å². The number of halogens is 4. The number of aromatic nitrogens is 3. The zero-order valence-corrected chi connectivity index (χ0v) is 24.5. The van der Waals surface area contributed by atoms with E-state index in [1.165, 1.54) is 27.0 Å². The van der Waals surface area contributed by atoms with E-state index in [-0.39, 0.29) is 29.3 Å². The molecule has 2 fully saturated rings. The van der Waals surface area contributed by atoms with Gasteiger partial charge in [0.15, 0.2) is 5.82 Å². The molecular formula is C31H30ClF3N4O4. The van der Waals surface area contributed by atoms with Gasteiger partial charge in [-0.2, -0.15) is 5.10 Å². The molecule has 2 aliphatic rings. The fraction of sp³-hybridized carbons (Fsp3) is 0.387. The number of carbonyl (C=O) groups is 1. The van der Waals surface area contributed by atoms with Crippen LogP contribution in [0, 0.1) is 23.4 Å². The summed E-state index contributed by atoms with van der Waals surface area (Å²) in [4.78, 5) is 17.7. The molecule has 43 heavy (non-hydrogen) atoms. The number of methoxy groups -OCH3 is 1. The Morgan fingerprint density at radius 2 is 1.79 bits per heavy atom. The molecule has 0 radical (unpaired) electrons. The fourth-order valence-electron chi connectivity index (χ4n) is 5.35. The molecule has 12 heteroatoms. The molecule has 6 rings (SSSR count). The summed E-state index contributed by atoms with van der Waals surface area (Å²) in [5.41, 5.74) is -3.02. The molecule has 0 spiro atoms. The predicted octanol–water partition coefficient (Wildman–Crippen LogP) is 5.61. The Kier molecular flexibility index (Phi) is 7.18. The number of nitrogens with one attached hydrogen (secondary N) is 1. The van der Waals surface area contributed by atoms with E-state index >= 15 is 4.39 Å². The van der Waals surface area contributed by atoms with Gasteiger partial charge >= 0.3 is 0 Å². The number of amides is 1. The third-order valence-corrected chi connectivity index (χ3v) is 8.40. The summed E-state index contributed by atoms with van der Waals surface area (Å²) in [7, 11) is 1.48. The number of fused-ring (bicyclic) bond motifs is 1. The highest BCUT2D eigenvalue weighted by Crippen LogP contribution is 2.47. The number of ether oxygens (including phenoxy) is 1. The van der Waals surface area contributed by atoms with Crippen LogP contribution in [0.5, 0.6) is 5.88 Å². The van der Waals surface area contributed by atoms with Crippen LogP contribution in [0.1, 0.15) is 72.8 Å². The highest BCUT2D eigenvalue weighted by Gasteiger charge is 2.47. The van der Waals surface area contributed by atoms with Gasteiger partial charge in [-0.15, -0.1) is 0 Å². The first-order chi connectivity index (χ1) is 20.3. The lowest BCUT2D eigenvalue weighted by Crippen LogP contribution is -2.43. The van der Waals surface area contributed by atoms with E-state index in [9.17, 15) is 23.8 Å². The Bertz CT molecular complexity index is 1760. The Morgan fingerprint density at radius 1 is 1.07 bits per heavy atom. The maximum atomic E-state index is 15.7. The van der Waals surface area contributed by atoms with Crippen molar-refractivity contribution in [3.8, 4) is 17.1 Å². The molecule has 0 bridgehead atoms.